The van der Waals surface area contributed by atoms with Crippen molar-refractivity contribution in [2.75, 3.05) is 0 Å². The largest absolute Gasteiger partial charge is 0.390 e. The second kappa shape index (κ2) is 4.58. The molecule has 0 saturated carbocycles. The highest BCUT2D eigenvalue weighted by molar-refractivity contribution is 5.22. The Labute approximate surface area is 97.5 Å². The van der Waals surface area contributed by atoms with Crippen molar-refractivity contribution in [2.24, 2.45) is 5.92 Å². The van der Waals surface area contributed by atoms with E-state index in [0.29, 0.717) is 11.8 Å². The molecule has 1 N–H and O–H groups in total. The van der Waals surface area contributed by atoms with E-state index in [1.165, 1.54) is 18.7 Å². The molecule has 0 saturated heterocycles. The van der Waals surface area contributed by atoms with Crippen molar-refractivity contribution in [3.8, 4) is 0 Å². The van der Waals surface area contributed by atoms with Gasteiger partial charge in [-0.25, -0.2) is 4.98 Å². The summed E-state index contributed by atoms with van der Waals surface area (Å²) in [4.78, 5) is 4.75. The summed E-state index contributed by atoms with van der Waals surface area (Å²) in [6.07, 6.45) is 3.51. The number of imidazole rings is 1. The van der Waals surface area contributed by atoms with Crippen molar-refractivity contribution in [2.45, 2.75) is 59.1 Å². The van der Waals surface area contributed by atoms with E-state index in [4.69, 9.17) is 4.98 Å². The number of fused-ring (bicyclic) bond motifs is 1. The van der Waals surface area contributed by atoms with Crippen molar-refractivity contribution >= 4 is 0 Å². The Morgan fingerprint density at radius 2 is 2.06 bits per heavy atom. The van der Waals surface area contributed by atoms with Gasteiger partial charge in [0.15, 0.2) is 0 Å². The van der Waals surface area contributed by atoms with Gasteiger partial charge in [0.05, 0.1) is 18.0 Å². The average molecular weight is 222 g/mol. The Bertz CT molecular complexity index is 368. The zero-order valence-electron chi connectivity index (χ0n) is 10.5. The summed E-state index contributed by atoms with van der Waals surface area (Å²) >= 11 is 0. The van der Waals surface area contributed by atoms with Crippen LogP contribution in [0.25, 0.3) is 0 Å². The van der Waals surface area contributed by atoms with Crippen molar-refractivity contribution in [3.05, 3.63) is 17.2 Å². The minimum Gasteiger partial charge on any atom is -0.390 e. The number of nitrogens with zero attached hydrogens (tertiary/aromatic N) is 2. The van der Waals surface area contributed by atoms with Crippen molar-refractivity contribution in [1.82, 2.24) is 9.55 Å². The molecule has 3 nitrogen and oxygen atoms in total. The molecule has 2 heterocycles. The summed E-state index contributed by atoms with van der Waals surface area (Å²) in [5, 5.41) is 9.53. The minimum absolute atomic E-state index is 0.124. The minimum atomic E-state index is 0.124. The summed E-state index contributed by atoms with van der Waals surface area (Å²) < 4.78 is 2.23. The van der Waals surface area contributed by atoms with Gasteiger partial charge < -0.3 is 9.67 Å². The number of aryl methyl sites for hydroxylation is 1. The molecule has 0 aliphatic carbocycles. The van der Waals surface area contributed by atoms with Gasteiger partial charge in [-0.1, -0.05) is 20.8 Å². The van der Waals surface area contributed by atoms with E-state index < -0.39 is 0 Å². The Morgan fingerprint density at radius 1 is 1.31 bits per heavy atom. The van der Waals surface area contributed by atoms with Gasteiger partial charge in [-0.15, -0.1) is 0 Å². The average Bonchev–Trinajstić information content (AvgIpc) is 2.65. The summed E-state index contributed by atoms with van der Waals surface area (Å²) in [6.45, 7) is 7.79. The second-order valence-corrected chi connectivity index (χ2v) is 5.16. The van der Waals surface area contributed by atoms with Crippen molar-refractivity contribution < 1.29 is 5.11 Å². The molecule has 2 rings (SSSR count). The van der Waals surface area contributed by atoms with E-state index in [9.17, 15) is 5.11 Å². The number of aromatic nitrogens is 2. The number of rotatable bonds is 3. The molecule has 0 bridgehead atoms. The lowest BCUT2D eigenvalue weighted by atomic mass is 9.93. The molecule has 0 fully saturated rings. The van der Waals surface area contributed by atoms with Gasteiger partial charge in [0.1, 0.15) is 5.82 Å². The number of hydrogen-bond acceptors (Lipinski definition) is 2. The van der Waals surface area contributed by atoms with Gasteiger partial charge in [-0.2, -0.15) is 0 Å². The summed E-state index contributed by atoms with van der Waals surface area (Å²) in [5.41, 5.74) is 2.17. The highest BCUT2D eigenvalue weighted by Gasteiger charge is 2.23. The monoisotopic (exact) mass is 222 g/mol. The molecule has 3 heteroatoms. The Kier molecular flexibility index (Phi) is 3.33. The van der Waals surface area contributed by atoms with Crippen LogP contribution in [0.3, 0.4) is 0 Å². The number of aliphatic hydroxyl groups is 1. The molecule has 1 aliphatic rings. The first-order chi connectivity index (χ1) is 7.65. The standard InChI is InChI=1S/C13H22N2O/c1-9(2)10(3)13-11(8-16)15-7-5-4-6-12(15)14-13/h9-10,16H,4-8H2,1-3H3. The fraction of sp³-hybridized carbons (Fsp3) is 0.769. The van der Waals surface area contributed by atoms with Crippen LogP contribution in [0.15, 0.2) is 0 Å². The van der Waals surface area contributed by atoms with Gasteiger partial charge in [0.2, 0.25) is 0 Å². The van der Waals surface area contributed by atoms with Crippen LogP contribution in [-0.4, -0.2) is 14.7 Å². The maximum atomic E-state index is 9.53. The van der Waals surface area contributed by atoms with Crippen LogP contribution in [0, 0.1) is 5.92 Å². The lowest BCUT2D eigenvalue weighted by molar-refractivity contribution is 0.265. The van der Waals surface area contributed by atoms with E-state index in [-0.39, 0.29) is 6.61 Å². The lowest BCUT2D eigenvalue weighted by Crippen LogP contribution is -2.13. The van der Waals surface area contributed by atoms with Crippen LogP contribution in [-0.2, 0) is 19.6 Å². The smallest absolute Gasteiger partial charge is 0.109 e. The molecule has 1 aliphatic heterocycles. The summed E-state index contributed by atoms with van der Waals surface area (Å²) in [7, 11) is 0. The van der Waals surface area contributed by atoms with E-state index in [0.717, 1.165) is 24.4 Å². The van der Waals surface area contributed by atoms with Gasteiger partial charge in [-0.05, 0) is 18.8 Å². The van der Waals surface area contributed by atoms with Crippen LogP contribution in [0.4, 0.5) is 0 Å². The van der Waals surface area contributed by atoms with Crippen LogP contribution < -0.4 is 0 Å². The maximum Gasteiger partial charge on any atom is 0.109 e. The third-order valence-electron chi connectivity index (χ3n) is 3.80. The first-order valence-electron chi connectivity index (χ1n) is 6.34. The van der Waals surface area contributed by atoms with Crippen molar-refractivity contribution in [3.63, 3.8) is 0 Å². The third-order valence-corrected chi connectivity index (χ3v) is 3.80. The summed E-state index contributed by atoms with van der Waals surface area (Å²) in [6, 6.07) is 0. The topological polar surface area (TPSA) is 38.0 Å². The molecule has 0 radical (unpaired) electrons. The van der Waals surface area contributed by atoms with E-state index in [1.807, 2.05) is 0 Å². The van der Waals surface area contributed by atoms with Gasteiger partial charge in [0.25, 0.3) is 0 Å². The molecule has 90 valence electrons. The molecule has 0 aromatic carbocycles. The predicted molar refractivity (Wildman–Crippen MR) is 64.3 cm³/mol. The zero-order valence-corrected chi connectivity index (χ0v) is 10.5. The normalized spacial score (nSPS) is 17.6. The van der Waals surface area contributed by atoms with Crippen LogP contribution in [0.5, 0.6) is 0 Å². The fourth-order valence-corrected chi connectivity index (χ4v) is 2.41. The first-order valence-corrected chi connectivity index (χ1v) is 6.34. The SMILES string of the molecule is CC(C)C(C)c1nc2n(c1CO)CCCC2. The van der Waals surface area contributed by atoms with Gasteiger partial charge >= 0.3 is 0 Å². The molecular weight excluding hydrogens is 200 g/mol. The van der Waals surface area contributed by atoms with E-state index >= 15 is 0 Å². The first kappa shape index (κ1) is 11.6. The van der Waals surface area contributed by atoms with Gasteiger partial charge in [-0.3, -0.25) is 0 Å². The molecule has 1 unspecified atom stereocenters. The number of aliphatic hydroxyl groups excluding tert-OH is 1. The Balaban J connectivity index is 2.41. The van der Waals surface area contributed by atoms with Crippen molar-refractivity contribution in [1.29, 1.82) is 0 Å². The highest BCUT2D eigenvalue weighted by atomic mass is 16.3. The van der Waals surface area contributed by atoms with E-state index in [1.54, 1.807) is 0 Å². The van der Waals surface area contributed by atoms with E-state index in [2.05, 4.69) is 25.3 Å². The molecule has 1 atom stereocenters. The lowest BCUT2D eigenvalue weighted by Gasteiger charge is -2.17. The highest BCUT2D eigenvalue weighted by Crippen LogP contribution is 2.29. The molecule has 0 amide bonds. The Hall–Kier alpha value is -0.830. The second-order valence-electron chi connectivity index (χ2n) is 5.16. The molecule has 1 aromatic heterocycles. The van der Waals surface area contributed by atoms with Crippen LogP contribution in [0.1, 0.15) is 56.7 Å². The molecular formula is C13H22N2O. The number of hydrogen-bond donors (Lipinski definition) is 1. The zero-order chi connectivity index (χ0) is 11.7. The van der Waals surface area contributed by atoms with Gasteiger partial charge in [0, 0.05) is 18.9 Å². The predicted octanol–water partition coefficient (Wildman–Crippen LogP) is 2.47. The molecule has 16 heavy (non-hydrogen) atoms. The molecule has 1 aromatic rings. The third kappa shape index (κ3) is 1.88. The maximum absolute atomic E-state index is 9.53. The van der Waals surface area contributed by atoms with Crippen LogP contribution >= 0.6 is 0 Å². The fourth-order valence-electron chi connectivity index (χ4n) is 2.41. The molecule has 0 spiro atoms. The van der Waals surface area contributed by atoms with Crippen LogP contribution in [0.2, 0.25) is 0 Å². The summed E-state index contributed by atoms with van der Waals surface area (Å²) in [5.74, 6) is 2.18. The Morgan fingerprint density at radius 3 is 2.69 bits per heavy atom. The quantitative estimate of drug-likeness (QED) is 0.853.